The summed E-state index contributed by atoms with van der Waals surface area (Å²) in [5.74, 6) is -0.348. The van der Waals surface area contributed by atoms with Gasteiger partial charge in [0.25, 0.3) is 6.01 Å². The number of esters is 1. The smallest absolute Gasteiger partial charge is 0.348 e. The second-order valence-electron chi connectivity index (χ2n) is 6.98. The number of benzene rings is 1. The molecule has 1 aromatic carbocycles. The summed E-state index contributed by atoms with van der Waals surface area (Å²) in [6, 6.07) is 5.46. The number of hydrogen-bond acceptors (Lipinski definition) is 6. The van der Waals surface area contributed by atoms with E-state index in [0.717, 1.165) is 5.56 Å². The van der Waals surface area contributed by atoms with Crippen LogP contribution in [0.5, 0.6) is 0 Å². The number of aryl methyl sites for hydroxylation is 1. The molecule has 3 rings (SSSR count). The van der Waals surface area contributed by atoms with E-state index in [9.17, 15) is 9.59 Å². The molecule has 0 bridgehead atoms. The van der Waals surface area contributed by atoms with E-state index in [2.05, 4.69) is 10.3 Å². The number of carbonyl (C=O) groups is 1. The van der Waals surface area contributed by atoms with Crippen LogP contribution < -0.4 is 10.9 Å². The number of nitrogens with zero attached hydrogens (tertiary/aromatic N) is 1. The molecular formula is C17H20N2O4. The van der Waals surface area contributed by atoms with E-state index >= 15 is 0 Å². The predicted octanol–water partition coefficient (Wildman–Crippen LogP) is 2.78. The molecule has 0 radical (unpaired) electrons. The topological polar surface area (TPSA) is 81.4 Å². The zero-order valence-corrected chi connectivity index (χ0v) is 13.7. The molecule has 0 atom stereocenters. The van der Waals surface area contributed by atoms with E-state index in [1.807, 2.05) is 39.8 Å². The molecule has 0 amide bonds. The van der Waals surface area contributed by atoms with Crippen molar-refractivity contribution in [2.75, 3.05) is 5.32 Å². The lowest BCUT2D eigenvalue weighted by atomic mass is 10.1. The van der Waals surface area contributed by atoms with Crippen molar-refractivity contribution in [3.05, 3.63) is 34.2 Å². The van der Waals surface area contributed by atoms with E-state index < -0.39 is 16.8 Å². The molecule has 1 heterocycles. The maximum absolute atomic E-state index is 12.3. The molecule has 1 aliphatic rings. The average molecular weight is 316 g/mol. The summed E-state index contributed by atoms with van der Waals surface area (Å²) in [5.41, 5.74) is -0.514. The van der Waals surface area contributed by atoms with Crippen LogP contribution in [-0.2, 0) is 9.53 Å². The Morgan fingerprint density at radius 1 is 1.35 bits per heavy atom. The highest BCUT2D eigenvalue weighted by molar-refractivity contribution is 5.88. The Hall–Kier alpha value is -2.37. The Kier molecular flexibility index (Phi) is 3.43. The average Bonchev–Trinajstić information content (AvgIpc) is 3.17. The third-order valence-electron chi connectivity index (χ3n) is 3.75. The molecule has 2 aromatic rings. The minimum atomic E-state index is -0.840. The maximum atomic E-state index is 12.3. The molecule has 0 aliphatic heterocycles. The molecular weight excluding hydrogens is 296 g/mol. The Bertz CT molecular complexity index is 829. The molecule has 1 N–H and O–H groups in total. The van der Waals surface area contributed by atoms with Gasteiger partial charge in [0.2, 0.25) is 0 Å². The highest BCUT2D eigenvalue weighted by Gasteiger charge is 2.53. The first kappa shape index (κ1) is 15.5. The normalized spacial score (nSPS) is 16.2. The van der Waals surface area contributed by atoms with Crippen LogP contribution >= 0.6 is 0 Å². The number of aromatic nitrogens is 1. The first-order valence-electron chi connectivity index (χ1n) is 7.62. The highest BCUT2D eigenvalue weighted by Crippen LogP contribution is 2.40. The van der Waals surface area contributed by atoms with Crippen molar-refractivity contribution in [3.8, 4) is 0 Å². The number of ether oxygens (including phenoxy) is 1. The van der Waals surface area contributed by atoms with Crippen LogP contribution in [0, 0.1) is 6.92 Å². The van der Waals surface area contributed by atoms with Gasteiger partial charge in [-0.2, -0.15) is 4.98 Å². The number of anilines is 1. The highest BCUT2D eigenvalue weighted by atomic mass is 16.6. The van der Waals surface area contributed by atoms with Gasteiger partial charge in [-0.05, 0) is 52.2 Å². The van der Waals surface area contributed by atoms with Crippen molar-refractivity contribution in [1.82, 2.24) is 4.98 Å². The molecule has 23 heavy (non-hydrogen) atoms. The van der Waals surface area contributed by atoms with Gasteiger partial charge in [0, 0.05) is 0 Å². The molecule has 1 aliphatic carbocycles. The summed E-state index contributed by atoms with van der Waals surface area (Å²) in [5, 5.41) is 3.41. The van der Waals surface area contributed by atoms with Crippen molar-refractivity contribution in [2.24, 2.45) is 0 Å². The molecule has 1 saturated carbocycles. The maximum Gasteiger partial charge on any atom is 0.348 e. The fraction of sp³-hybridized carbons (Fsp3) is 0.471. The van der Waals surface area contributed by atoms with Gasteiger partial charge in [-0.3, -0.25) is 0 Å². The summed E-state index contributed by atoms with van der Waals surface area (Å²) in [6.45, 7) is 7.28. The quantitative estimate of drug-likeness (QED) is 0.877. The van der Waals surface area contributed by atoms with E-state index in [1.165, 1.54) is 0 Å². The zero-order chi connectivity index (χ0) is 16.8. The SMILES string of the molecule is Cc1cccc2nc(NC3(C(=O)OC(C)(C)C)CC3)oc(=O)c12. The van der Waals surface area contributed by atoms with Crippen LogP contribution in [0.2, 0.25) is 0 Å². The van der Waals surface area contributed by atoms with Crippen molar-refractivity contribution >= 4 is 22.9 Å². The van der Waals surface area contributed by atoms with Crippen LogP contribution in [0.15, 0.2) is 27.4 Å². The molecule has 0 saturated heterocycles. The predicted molar refractivity (Wildman–Crippen MR) is 86.4 cm³/mol. The van der Waals surface area contributed by atoms with Crippen LogP contribution in [0.25, 0.3) is 10.9 Å². The lowest BCUT2D eigenvalue weighted by Crippen LogP contribution is -2.38. The number of fused-ring (bicyclic) bond motifs is 1. The fourth-order valence-electron chi connectivity index (χ4n) is 2.42. The molecule has 1 fully saturated rings. The minimum absolute atomic E-state index is 0.0523. The van der Waals surface area contributed by atoms with Gasteiger partial charge in [-0.25, -0.2) is 9.59 Å². The van der Waals surface area contributed by atoms with Crippen molar-refractivity contribution in [3.63, 3.8) is 0 Å². The fourth-order valence-corrected chi connectivity index (χ4v) is 2.42. The molecule has 6 nitrogen and oxygen atoms in total. The lowest BCUT2D eigenvalue weighted by Gasteiger charge is -2.24. The second-order valence-corrected chi connectivity index (χ2v) is 6.98. The van der Waals surface area contributed by atoms with Gasteiger partial charge in [0.05, 0.1) is 10.9 Å². The van der Waals surface area contributed by atoms with Crippen LogP contribution in [-0.4, -0.2) is 22.1 Å². The number of nitrogens with one attached hydrogen (secondary N) is 1. The van der Waals surface area contributed by atoms with E-state index in [-0.39, 0.29) is 12.0 Å². The zero-order valence-electron chi connectivity index (χ0n) is 13.7. The Labute approximate surface area is 133 Å². The summed E-state index contributed by atoms with van der Waals surface area (Å²) < 4.78 is 10.7. The lowest BCUT2D eigenvalue weighted by molar-refractivity contribution is -0.157. The van der Waals surface area contributed by atoms with Gasteiger partial charge in [0.15, 0.2) is 0 Å². The summed E-state index contributed by atoms with van der Waals surface area (Å²) >= 11 is 0. The first-order valence-corrected chi connectivity index (χ1v) is 7.62. The summed E-state index contributed by atoms with van der Waals surface area (Å²) in [7, 11) is 0. The van der Waals surface area contributed by atoms with Gasteiger partial charge >= 0.3 is 11.6 Å². The van der Waals surface area contributed by atoms with Gasteiger partial charge in [-0.15, -0.1) is 0 Å². The first-order chi connectivity index (χ1) is 10.7. The standard InChI is InChI=1S/C17H20N2O4/c1-10-6-5-7-11-12(10)13(20)22-15(18-11)19-17(8-9-17)14(21)23-16(2,3)4/h5-7H,8-9H2,1-4H3,(H,18,19). The van der Waals surface area contributed by atoms with Crippen molar-refractivity contribution < 1.29 is 13.9 Å². The summed E-state index contributed by atoms with van der Waals surface area (Å²) in [6.07, 6.45) is 1.25. The number of hydrogen-bond donors (Lipinski definition) is 1. The van der Waals surface area contributed by atoms with E-state index in [4.69, 9.17) is 9.15 Å². The van der Waals surface area contributed by atoms with E-state index in [0.29, 0.717) is 23.7 Å². The second kappa shape index (κ2) is 5.08. The Balaban J connectivity index is 1.90. The van der Waals surface area contributed by atoms with Crippen LogP contribution in [0.1, 0.15) is 39.2 Å². The molecule has 122 valence electrons. The number of carbonyl (C=O) groups excluding carboxylic acids is 1. The monoisotopic (exact) mass is 316 g/mol. The Morgan fingerprint density at radius 2 is 2.04 bits per heavy atom. The summed E-state index contributed by atoms with van der Waals surface area (Å²) in [4.78, 5) is 28.8. The van der Waals surface area contributed by atoms with Crippen molar-refractivity contribution in [1.29, 1.82) is 0 Å². The van der Waals surface area contributed by atoms with Crippen LogP contribution in [0.4, 0.5) is 6.01 Å². The molecule has 0 unspecified atom stereocenters. The van der Waals surface area contributed by atoms with Gasteiger partial charge in [0.1, 0.15) is 11.1 Å². The Morgan fingerprint density at radius 3 is 2.65 bits per heavy atom. The van der Waals surface area contributed by atoms with Gasteiger partial charge < -0.3 is 14.5 Å². The van der Waals surface area contributed by atoms with E-state index in [1.54, 1.807) is 6.07 Å². The third kappa shape index (κ3) is 3.06. The molecule has 1 aromatic heterocycles. The largest absolute Gasteiger partial charge is 0.458 e. The molecule has 0 spiro atoms. The van der Waals surface area contributed by atoms with Gasteiger partial charge in [-0.1, -0.05) is 12.1 Å². The molecule has 6 heteroatoms. The van der Waals surface area contributed by atoms with Crippen LogP contribution in [0.3, 0.4) is 0 Å². The number of rotatable bonds is 3. The minimum Gasteiger partial charge on any atom is -0.458 e. The van der Waals surface area contributed by atoms with Crippen molar-refractivity contribution in [2.45, 2.75) is 51.7 Å². The third-order valence-corrected chi connectivity index (χ3v) is 3.75.